The smallest absolute Gasteiger partial charge is 0.383 e. The van der Waals surface area contributed by atoms with E-state index in [1.54, 1.807) is 0 Å². The topological polar surface area (TPSA) is 57.9 Å². The van der Waals surface area contributed by atoms with Gasteiger partial charge < -0.3 is 18.6 Å². The first kappa shape index (κ1) is 33.3. The summed E-state index contributed by atoms with van der Waals surface area (Å²) in [5, 5.41) is 0.683. The molecule has 0 fully saturated rings. The summed E-state index contributed by atoms with van der Waals surface area (Å²) < 4.78 is 24.0. The number of ether oxygens (including phenoxy) is 3. The van der Waals surface area contributed by atoms with Gasteiger partial charge in [0.05, 0.1) is 18.6 Å². The molecule has 1 aromatic carbocycles. The fourth-order valence-corrected chi connectivity index (χ4v) is 4.42. The van der Waals surface area contributed by atoms with E-state index in [4.69, 9.17) is 18.6 Å². The second-order valence-corrected chi connectivity index (χ2v) is 10.7. The highest BCUT2D eigenvalue weighted by molar-refractivity contribution is 5.89. The molecule has 40 heavy (non-hydrogen) atoms. The number of allylic oxidation sites excluding steroid dienone is 4. The third-order valence-electron chi connectivity index (χ3n) is 6.75. The fourth-order valence-electron chi connectivity index (χ4n) is 4.42. The molecule has 222 valence electrons. The maximum Gasteiger partial charge on any atom is 0.383 e. The summed E-state index contributed by atoms with van der Waals surface area (Å²) in [6.45, 7) is 12.0. The largest absolute Gasteiger partial charge is 0.489 e. The lowest BCUT2D eigenvalue weighted by molar-refractivity contribution is 0.263. The predicted octanol–water partition coefficient (Wildman–Crippen LogP) is 10.1. The van der Waals surface area contributed by atoms with Gasteiger partial charge in [-0.2, -0.15) is 0 Å². The van der Waals surface area contributed by atoms with Crippen LogP contribution >= 0.6 is 0 Å². The second kappa shape index (κ2) is 20.0. The molecule has 5 heteroatoms. The molecular weight excluding hydrogens is 500 g/mol. The van der Waals surface area contributed by atoms with E-state index in [1.165, 1.54) is 49.7 Å². The Morgan fingerprint density at radius 2 is 1.55 bits per heavy atom. The molecule has 0 saturated heterocycles. The van der Waals surface area contributed by atoms with E-state index in [9.17, 15) is 4.79 Å². The molecule has 0 bridgehead atoms. The van der Waals surface area contributed by atoms with E-state index in [0.717, 1.165) is 38.5 Å². The maximum atomic E-state index is 13.1. The predicted molar refractivity (Wildman–Crippen MR) is 168 cm³/mol. The first-order chi connectivity index (χ1) is 19.5. The highest BCUT2D eigenvalue weighted by Gasteiger charge is 2.20. The lowest BCUT2D eigenvalue weighted by atomic mass is 10.1. The number of hydrogen-bond donors (Lipinski definition) is 0. The molecule has 5 nitrogen and oxygen atoms in total. The average Bonchev–Trinajstić information content (AvgIpc) is 2.93. The molecule has 0 atom stereocenters. The standard InChI is InChI=1S/C35H52O5/c1-6-8-10-12-13-14-15-17-26-38-34-33(39-27-24-29(5)21-18-20-28(3)4)30-22-19-23-31(32(30)40-35(34)36)37-25-16-11-9-7-2/h9,11,19-20,22-24H,6-8,10,12-18,21,25-27H2,1-5H3. The average molecular weight is 553 g/mol. The van der Waals surface area contributed by atoms with E-state index >= 15 is 0 Å². The molecular formula is C35H52O5. The first-order valence-electron chi connectivity index (χ1n) is 15.4. The van der Waals surface area contributed by atoms with Gasteiger partial charge in [-0.05, 0) is 71.1 Å². The quantitative estimate of drug-likeness (QED) is 0.0876. The summed E-state index contributed by atoms with van der Waals surface area (Å²) in [4.78, 5) is 13.1. The van der Waals surface area contributed by atoms with Gasteiger partial charge in [0.15, 0.2) is 17.1 Å². The van der Waals surface area contributed by atoms with Gasteiger partial charge in [-0.1, -0.05) is 94.2 Å². The highest BCUT2D eigenvalue weighted by Crippen LogP contribution is 2.37. The zero-order valence-corrected chi connectivity index (χ0v) is 25.7. The Kier molecular flexibility index (Phi) is 16.6. The Morgan fingerprint density at radius 3 is 2.27 bits per heavy atom. The minimum absolute atomic E-state index is 0.147. The third kappa shape index (κ3) is 12.5. The number of rotatable bonds is 21. The normalized spacial score (nSPS) is 11.8. The van der Waals surface area contributed by atoms with Crippen molar-refractivity contribution in [3.05, 3.63) is 64.1 Å². The van der Waals surface area contributed by atoms with Crippen molar-refractivity contribution < 1.29 is 18.6 Å². The summed E-state index contributed by atoms with van der Waals surface area (Å²) in [5.41, 5.74) is 2.43. The van der Waals surface area contributed by atoms with E-state index in [-0.39, 0.29) is 5.75 Å². The van der Waals surface area contributed by atoms with Crippen molar-refractivity contribution in [3.8, 4) is 17.2 Å². The Bertz CT molecular complexity index is 1130. The molecule has 2 rings (SSSR count). The van der Waals surface area contributed by atoms with Crippen molar-refractivity contribution in [1.29, 1.82) is 0 Å². The van der Waals surface area contributed by atoms with Crippen molar-refractivity contribution >= 4 is 11.0 Å². The number of unbranched alkanes of at least 4 members (excludes halogenated alkanes) is 7. The minimum Gasteiger partial charge on any atom is -0.489 e. The molecule has 0 spiro atoms. The molecule has 0 unspecified atom stereocenters. The van der Waals surface area contributed by atoms with Crippen molar-refractivity contribution in [2.24, 2.45) is 0 Å². The summed E-state index contributed by atoms with van der Waals surface area (Å²) >= 11 is 0. The second-order valence-electron chi connectivity index (χ2n) is 10.7. The van der Waals surface area contributed by atoms with Crippen LogP contribution in [0.3, 0.4) is 0 Å². The molecule has 1 aromatic heterocycles. The van der Waals surface area contributed by atoms with Gasteiger partial charge in [0.2, 0.25) is 5.75 Å². The van der Waals surface area contributed by atoms with E-state index in [1.807, 2.05) is 18.2 Å². The Balaban J connectivity index is 2.17. The summed E-state index contributed by atoms with van der Waals surface area (Å²) in [7, 11) is 0. The van der Waals surface area contributed by atoms with E-state index < -0.39 is 5.63 Å². The van der Waals surface area contributed by atoms with Crippen LogP contribution in [0.2, 0.25) is 0 Å². The van der Waals surface area contributed by atoms with Gasteiger partial charge in [0, 0.05) is 0 Å². The van der Waals surface area contributed by atoms with Crippen LogP contribution in [-0.4, -0.2) is 19.8 Å². The number of benzene rings is 1. The van der Waals surface area contributed by atoms with Crippen LogP contribution in [-0.2, 0) is 0 Å². The molecule has 0 N–H and O–H groups in total. The van der Waals surface area contributed by atoms with Crippen molar-refractivity contribution in [3.63, 3.8) is 0 Å². The highest BCUT2D eigenvalue weighted by atomic mass is 16.5. The Labute approximate surface area is 242 Å². The first-order valence-corrected chi connectivity index (χ1v) is 15.4. The minimum atomic E-state index is -0.534. The Morgan fingerprint density at radius 1 is 0.800 bits per heavy atom. The maximum absolute atomic E-state index is 13.1. The van der Waals surface area contributed by atoms with E-state index in [2.05, 4.69) is 58.9 Å². The van der Waals surface area contributed by atoms with Crippen LogP contribution in [0.1, 0.15) is 112 Å². The zero-order valence-electron chi connectivity index (χ0n) is 25.7. The van der Waals surface area contributed by atoms with Crippen molar-refractivity contribution in [1.82, 2.24) is 0 Å². The molecule has 0 aliphatic carbocycles. The molecule has 2 aromatic rings. The van der Waals surface area contributed by atoms with Crippen LogP contribution in [0.5, 0.6) is 17.2 Å². The molecule has 0 saturated carbocycles. The van der Waals surface area contributed by atoms with Gasteiger partial charge >= 0.3 is 5.63 Å². The molecule has 0 radical (unpaired) electrons. The lowest BCUT2D eigenvalue weighted by Crippen LogP contribution is -2.12. The fraction of sp³-hybridized carbons (Fsp3) is 0.571. The van der Waals surface area contributed by atoms with Crippen molar-refractivity contribution in [2.45, 2.75) is 112 Å². The third-order valence-corrected chi connectivity index (χ3v) is 6.75. The van der Waals surface area contributed by atoms with Crippen LogP contribution in [0, 0.1) is 0 Å². The van der Waals surface area contributed by atoms with E-state index in [0.29, 0.717) is 42.3 Å². The summed E-state index contributed by atoms with van der Waals surface area (Å²) in [6.07, 6.45) is 21.9. The SMILES string of the molecule is CCC=CCCOc1cccc2c(OCC=C(C)CCC=C(C)C)c(OCCCCCCCCCC)c(=O)oc12. The summed E-state index contributed by atoms with van der Waals surface area (Å²) in [5.74, 6) is 1.11. The Hall–Kier alpha value is -2.95. The number of para-hydroxylation sites is 1. The molecule has 0 aliphatic heterocycles. The molecule has 1 heterocycles. The molecule has 0 aliphatic rings. The lowest BCUT2D eigenvalue weighted by Gasteiger charge is -2.15. The number of hydrogen-bond acceptors (Lipinski definition) is 5. The van der Waals surface area contributed by atoms with Gasteiger partial charge in [0.25, 0.3) is 0 Å². The van der Waals surface area contributed by atoms with Gasteiger partial charge in [0.1, 0.15) is 6.61 Å². The van der Waals surface area contributed by atoms with Crippen LogP contribution in [0.4, 0.5) is 0 Å². The van der Waals surface area contributed by atoms with Crippen LogP contribution in [0.15, 0.2) is 62.9 Å². The van der Waals surface area contributed by atoms with Crippen molar-refractivity contribution in [2.75, 3.05) is 19.8 Å². The van der Waals surface area contributed by atoms with Crippen LogP contribution < -0.4 is 19.8 Å². The van der Waals surface area contributed by atoms with Gasteiger partial charge in [-0.3, -0.25) is 0 Å². The summed E-state index contributed by atoms with van der Waals surface area (Å²) in [6, 6.07) is 5.62. The number of fused-ring (bicyclic) bond motifs is 1. The zero-order chi connectivity index (χ0) is 29.0. The molecule has 0 amide bonds. The van der Waals surface area contributed by atoms with Crippen LogP contribution in [0.25, 0.3) is 11.0 Å². The monoisotopic (exact) mass is 552 g/mol. The van der Waals surface area contributed by atoms with Gasteiger partial charge in [-0.15, -0.1) is 0 Å². The van der Waals surface area contributed by atoms with Gasteiger partial charge in [-0.25, -0.2) is 4.79 Å².